The van der Waals surface area contributed by atoms with E-state index in [4.69, 9.17) is 0 Å². The molecule has 6 nitrogen and oxygen atoms in total. The molecule has 0 fully saturated rings. The van der Waals surface area contributed by atoms with E-state index < -0.39 is 0 Å². The normalized spacial score (nSPS) is 20.4. The van der Waals surface area contributed by atoms with E-state index in [0.29, 0.717) is 18.2 Å². The van der Waals surface area contributed by atoms with Gasteiger partial charge >= 0.3 is 6.03 Å². The van der Waals surface area contributed by atoms with Gasteiger partial charge in [-0.05, 0) is 6.92 Å². The zero-order valence-corrected chi connectivity index (χ0v) is 11.9. The van der Waals surface area contributed by atoms with Crippen LogP contribution in [0.1, 0.15) is 12.6 Å². The van der Waals surface area contributed by atoms with Crippen LogP contribution < -0.4 is 4.90 Å². The maximum absolute atomic E-state index is 12.4. The zero-order chi connectivity index (χ0) is 14.6. The van der Waals surface area contributed by atoms with Crippen LogP contribution in [0.25, 0.3) is 11.4 Å². The Hall–Kier alpha value is -2.63. The number of hydrogen-bond donors (Lipinski definition) is 1. The lowest BCUT2D eigenvalue weighted by atomic mass is 10.2. The third-order valence-electron chi connectivity index (χ3n) is 3.84. The van der Waals surface area contributed by atoms with Crippen LogP contribution in [0.4, 0.5) is 10.6 Å². The first kappa shape index (κ1) is 12.1. The van der Waals surface area contributed by atoms with Crippen molar-refractivity contribution in [3.05, 3.63) is 36.0 Å². The molecule has 0 saturated carbocycles. The van der Waals surface area contributed by atoms with Gasteiger partial charge in [0.05, 0.1) is 12.6 Å². The number of rotatable bonds is 1. The SMILES string of the molecule is C[C@@H]1CN2C(=O)N(C)c3nc(-c4ccccc4)[nH]c3C2=N1. The van der Waals surface area contributed by atoms with Gasteiger partial charge in [-0.2, -0.15) is 0 Å². The number of anilines is 1. The van der Waals surface area contributed by atoms with Crippen LogP contribution in [0.15, 0.2) is 35.3 Å². The van der Waals surface area contributed by atoms with Crippen molar-refractivity contribution in [1.82, 2.24) is 14.9 Å². The number of H-pyrrole nitrogens is 1. The Bertz CT molecular complexity index is 749. The summed E-state index contributed by atoms with van der Waals surface area (Å²) < 4.78 is 0. The molecule has 1 atom stereocenters. The monoisotopic (exact) mass is 281 g/mol. The highest BCUT2D eigenvalue weighted by Crippen LogP contribution is 2.31. The smallest absolute Gasteiger partial charge is 0.331 e. The van der Waals surface area contributed by atoms with Crippen molar-refractivity contribution >= 4 is 17.7 Å². The van der Waals surface area contributed by atoms with Crippen molar-refractivity contribution in [2.75, 3.05) is 18.5 Å². The number of fused-ring (bicyclic) bond motifs is 3. The minimum absolute atomic E-state index is 0.0725. The van der Waals surface area contributed by atoms with E-state index in [-0.39, 0.29) is 12.1 Å². The summed E-state index contributed by atoms with van der Waals surface area (Å²) in [7, 11) is 1.75. The molecule has 0 unspecified atom stereocenters. The second-order valence-electron chi connectivity index (χ2n) is 5.40. The maximum Gasteiger partial charge on any atom is 0.331 e. The van der Waals surface area contributed by atoms with Gasteiger partial charge in [-0.15, -0.1) is 0 Å². The summed E-state index contributed by atoms with van der Waals surface area (Å²) in [5, 5.41) is 0. The van der Waals surface area contributed by atoms with Crippen molar-refractivity contribution in [2.24, 2.45) is 4.99 Å². The number of amides is 2. The average Bonchev–Trinajstić information content (AvgIpc) is 3.09. The van der Waals surface area contributed by atoms with Crippen LogP contribution in [-0.4, -0.2) is 46.4 Å². The third kappa shape index (κ3) is 1.68. The molecule has 2 aliphatic heterocycles. The van der Waals surface area contributed by atoms with E-state index in [0.717, 1.165) is 17.1 Å². The summed E-state index contributed by atoms with van der Waals surface area (Å²) >= 11 is 0. The highest BCUT2D eigenvalue weighted by atomic mass is 16.2. The lowest BCUT2D eigenvalue weighted by Crippen LogP contribution is -2.48. The molecule has 106 valence electrons. The fourth-order valence-electron chi connectivity index (χ4n) is 2.81. The second kappa shape index (κ2) is 4.18. The van der Waals surface area contributed by atoms with E-state index in [1.165, 1.54) is 0 Å². The summed E-state index contributed by atoms with van der Waals surface area (Å²) in [5.74, 6) is 2.10. The Morgan fingerprint density at radius 3 is 2.81 bits per heavy atom. The van der Waals surface area contributed by atoms with Gasteiger partial charge in [0.25, 0.3) is 0 Å². The van der Waals surface area contributed by atoms with Gasteiger partial charge in [0.15, 0.2) is 11.7 Å². The van der Waals surface area contributed by atoms with Gasteiger partial charge in [0, 0.05) is 12.6 Å². The van der Waals surface area contributed by atoms with E-state index in [2.05, 4.69) is 15.0 Å². The minimum Gasteiger partial charge on any atom is -0.334 e. The number of hydrogen-bond acceptors (Lipinski definition) is 3. The number of nitrogens with zero attached hydrogens (tertiary/aromatic N) is 4. The number of aliphatic imine (C=N–C) groups is 1. The van der Waals surface area contributed by atoms with Crippen LogP contribution in [0.5, 0.6) is 0 Å². The summed E-state index contributed by atoms with van der Waals surface area (Å²) in [4.78, 5) is 28.1. The zero-order valence-electron chi connectivity index (χ0n) is 11.9. The minimum atomic E-state index is -0.0725. The average molecular weight is 281 g/mol. The van der Waals surface area contributed by atoms with Crippen LogP contribution >= 0.6 is 0 Å². The number of aromatic amines is 1. The first-order valence-electron chi connectivity index (χ1n) is 6.94. The highest BCUT2D eigenvalue weighted by Gasteiger charge is 2.40. The van der Waals surface area contributed by atoms with Crippen molar-refractivity contribution in [3.63, 3.8) is 0 Å². The van der Waals surface area contributed by atoms with Crippen molar-refractivity contribution in [2.45, 2.75) is 13.0 Å². The third-order valence-corrected chi connectivity index (χ3v) is 3.84. The standard InChI is InChI=1S/C15H15N5O/c1-9-8-20-14(16-9)11-13(19(2)15(20)21)18-12(17-11)10-6-4-3-5-7-10/h3-7,9H,8H2,1-2H3,(H,17,18)/t9-/m1/s1. The molecule has 1 aromatic heterocycles. The molecule has 0 bridgehead atoms. The molecule has 2 aliphatic rings. The molecule has 0 saturated heterocycles. The number of urea groups is 1. The predicted octanol–water partition coefficient (Wildman–Crippen LogP) is 2.10. The molecule has 0 radical (unpaired) electrons. The van der Waals surface area contributed by atoms with Gasteiger partial charge < -0.3 is 4.98 Å². The largest absolute Gasteiger partial charge is 0.334 e. The van der Waals surface area contributed by atoms with Gasteiger partial charge in [-0.25, -0.2) is 9.78 Å². The van der Waals surface area contributed by atoms with Crippen molar-refractivity contribution in [3.8, 4) is 11.4 Å². The van der Waals surface area contributed by atoms with Crippen LogP contribution in [0.2, 0.25) is 0 Å². The molecule has 4 rings (SSSR count). The fourth-order valence-corrected chi connectivity index (χ4v) is 2.81. The molecule has 2 amide bonds. The highest BCUT2D eigenvalue weighted by molar-refractivity contribution is 6.18. The Labute approximate surface area is 122 Å². The Balaban J connectivity index is 1.88. The van der Waals surface area contributed by atoms with Gasteiger partial charge in [0.1, 0.15) is 11.5 Å². The van der Waals surface area contributed by atoms with E-state index in [1.54, 1.807) is 16.8 Å². The number of imidazole rings is 1. The molecule has 1 aromatic carbocycles. The van der Waals surface area contributed by atoms with Gasteiger partial charge in [0.2, 0.25) is 0 Å². The predicted molar refractivity (Wildman–Crippen MR) is 80.5 cm³/mol. The maximum atomic E-state index is 12.4. The summed E-state index contributed by atoms with van der Waals surface area (Å²) in [6.45, 7) is 2.63. The Morgan fingerprint density at radius 2 is 2.05 bits per heavy atom. The molecule has 3 heterocycles. The Kier molecular flexibility index (Phi) is 2.42. The number of benzene rings is 1. The first-order chi connectivity index (χ1) is 10.1. The van der Waals surface area contributed by atoms with Crippen molar-refractivity contribution < 1.29 is 4.79 Å². The summed E-state index contributed by atoms with van der Waals surface area (Å²) in [6, 6.07) is 9.92. The number of carbonyl (C=O) groups excluding carboxylic acids is 1. The topological polar surface area (TPSA) is 64.6 Å². The van der Waals surface area contributed by atoms with Crippen LogP contribution in [0, 0.1) is 0 Å². The number of aromatic nitrogens is 2. The van der Waals surface area contributed by atoms with Gasteiger partial charge in [-0.1, -0.05) is 30.3 Å². The molecule has 0 aliphatic carbocycles. The lowest BCUT2D eigenvalue weighted by molar-refractivity contribution is 0.228. The second-order valence-corrected chi connectivity index (χ2v) is 5.40. The molecular formula is C15H15N5O. The summed E-state index contributed by atoms with van der Waals surface area (Å²) in [6.07, 6.45) is 0. The lowest BCUT2D eigenvalue weighted by Gasteiger charge is -2.29. The molecule has 6 heteroatoms. The van der Waals surface area contributed by atoms with E-state index in [1.807, 2.05) is 37.3 Å². The van der Waals surface area contributed by atoms with Crippen LogP contribution in [-0.2, 0) is 0 Å². The molecule has 0 spiro atoms. The van der Waals surface area contributed by atoms with E-state index >= 15 is 0 Å². The molecular weight excluding hydrogens is 266 g/mol. The quantitative estimate of drug-likeness (QED) is 0.870. The first-order valence-corrected chi connectivity index (χ1v) is 6.94. The van der Waals surface area contributed by atoms with Crippen molar-refractivity contribution in [1.29, 1.82) is 0 Å². The number of nitrogens with one attached hydrogen (secondary N) is 1. The molecule has 2 aromatic rings. The van der Waals surface area contributed by atoms with Gasteiger partial charge in [-0.3, -0.25) is 14.8 Å². The van der Waals surface area contributed by atoms with Crippen LogP contribution in [0.3, 0.4) is 0 Å². The summed E-state index contributed by atoms with van der Waals surface area (Å²) in [5.41, 5.74) is 1.81. The Morgan fingerprint density at radius 1 is 1.29 bits per heavy atom. The number of amidine groups is 1. The number of carbonyl (C=O) groups is 1. The fraction of sp³-hybridized carbons (Fsp3) is 0.267. The molecule has 21 heavy (non-hydrogen) atoms. The van der Waals surface area contributed by atoms with E-state index in [9.17, 15) is 4.79 Å². The molecule has 1 N–H and O–H groups in total.